The topological polar surface area (TPSA) is 61.4 Å². The first kappa shape index (κ1) is 18.5. The van der Waals surface area contributed by atoms with Gasteiger partial charge in [0.25, 0.3) is 0 Å². The van der Waals surface area contributed by atoms with Crippen molar-refractivity contribution in [2.24, 2.45) is 0 Å². The molecule has 0 aromatic heterocycles. The van der Waals surface area contributed by atoms with Crippen LogP contribution in [0.15, 0.2) is 84.1 Å². The fourth-order valence-corrected chi connectivity index (χ4v) is 4.48. The molecule has 1 aliphatic heterocycles. The quantitative estimate of drug-likeness (QED) is 0.521. The van der Waals surface area contributed by atoms with E-state index in [1.165, 1.54) is 11.1 Å². The molecule has 1 aliphatic carbocycles. The van der Waals surface area contributed by atoms with Gasteiger partial charge in [-0.05, 0) is 54.7 Å². The van der Waals surface area contributed by atoms with Crippen molar-refractivity contribution >= 4 is 17.2 Å². The summed E-state index contributed by atoms with van der Waals surface area (Å²) in [5.41, 5.74) is 7.09. The number of carbonyl (C=O) groups is 1. The molecule has 0 fully saturated rings. The van der Waals surface area contributed by atoms with Gasteiger partial charge in [0.15, 0.2) is 5.78 Å². The van der Waals surface area contributed by atoms with Gasteiger partial charge in [-0.2, -0.15) is 0 Å². The first-order chi connectivity index (χ1) is 14.6. The van der Waals surface area contributed by atoms with E-state index in [4.69, 9.17) is 0 Å². The molecule has 0 spiro atoms. The smallest absolute Gasteiger partial charge is 0.163 e. The average Bonchev–Trinajstić information content (AvgIpc) is 2.91. The van der Waals surface area contributed by atoms with Gasteiger partial charge in [-0.25, -0.2) is 0 Å². The van der Waals surface area contributed by atoms with Crippen LogP contribution >= 0.6 is 0 Å². The monoisotopic (exact) mass is 396 g/mol. The SMILES string of the molecule is Cc1ccc([C@H]2CC(=O)C3=C(C2)Nc2ccccc2N[C@@H]3c2ccc(O)cc2)cc1. The summed E-state index contributed by atoms with van der Waals surface area (Å²) in [6.45, 7) is 2.08. The maximum Gasteiger partial charge on any atom is 0.163 e. The van der Waals surface area contributed by atoms with Gasteiger partial charge in [0, 0.05) is 17.7 Å². The van der Waals surface area contributed by atoms with E-state index in [-0.39, 0.29) is 23.5 Å². The van der Waals surface area contributed by atoms with Gasteiger partial charge in [-0.3, -0.25) is 4.79 Å². The molecular formula is C26H24N2O2. The molecule has 2 atom stereocenters. The van der Waals surface area contributed by atoms with Crippen LogP contribution in [0.25, 0.3) is 0 Å². The zero-order valence-corrected chi connectivity index (χ0v) is 16.9. The third kappa shape index (κ3) is 3.35. The Morgan fingerprint density at radius 3 is 2.23 bits per heavy atom. The number of fused-ring (bicyclic) bond motifs is 1. The maximum atomic E-state index is 13.4. The van der Waals surface area contributed by atoms with Crippen LogP contribution in [0.5, 0.6) is 5.75 Å². The Labute approximate surface area is 176 Å². The zero-order chi connectivity index (χ0) is 20.7. The standard InChI is InChI=1S/C26H24N2O2/c1-16-6-8-17(9-7-16)19-14-23-25(24(30)15-19)26(18-10-12-20(29)13-11-18)28-22-5-3-2-4-21(22)27-23/h2-13,19,26-29H,14-15H2,1H3/t19-,26-/m1/s1. The lowest BCUT2D eigenvalue weighted by Gasteiger charge is -2.30. The number of Topliss-reactive ketones (excluding diaryl/α,β-unsaturated/α-hetero) is 1. The number of phenols is 1. The second kappa shape index (κ2) is 7.38. The number of carbonyl (C=O) groups excluding carboxylic acids is 1. The number of aromatic hydroxyl groups is 1. The summed E-state index contributed by atoms with van der Waals surface area (Å²) in [6.07, 6.45) is 1.28. The number of ketones is 1. The van der Waals surface area contributed by atoms with Gasteiger partial charge in [-0.1, -0.05) is 54.1 Å². The van der Waals surface area contributed by atoms with Crippen molar-refractivity contribution in [3.63, 3.8) is 0 Å². The highest BCUT2D eigenvalue weighted by atomic mass is 16.3. The molecule has 5 rings (SSSR count). The van der Waals surface area contributed by atoms with Crippen LogP contribution in [-0.4, -0.2) is 10.9 Å². The van der Waals surface area contributed by atoms with Crippen LogP contribution in [0.3, 0.4) is 0 Å². The van der Waals surface area contributed by atoms with E-state index in [0.717, 1.165) is 34.6 Å². The fourth-order valence-electron chi connectivity index (χ4n) is 4.48. The Kier molecular flexibility index (Phi) is 4.55. The summed E-state index contributed by atoms with van der Waals surface area (Å²) in [5, 5.41) is 16.8. The molecule has 3 aromatic rings. The molecule has 150 valence electrons. The van der Waals surface area contributed by atoms with Crippen molar-refractivity contribution in [3.05, 3.63) is 101 Å². The van der Waals surface area contributed by atoms with Gasteiger partial charge in [0.2, 0.25) is 0 Å². The van der Waals surface area contributed by atoms with Crippen LogP contribution < -0.4 is 10.6 Å². The summed E-state index contributed by atoms with van der Waals surface area (Å²) in [5.74, 6) is 0.539. The zero-order valence-electron chi connectivity index (χ0n) is 16.9. The molecule has 3 N–H and O–H groups in total. The minimum Gasteiger partial charge on any atom is -0.508 e. The lowest BCUT2D eigenvalue weighted by molar-refractivity contribution is -0.116. The van der Waals surface area contributed by atoms with Crippen molar-refractivity contribution in [1.82, 2.24) is 0 Å². The Morgan fingerprint density at radius 1 is 0.833 bits per heavy atom. The maximum absolute atomic E-state index is 13.4. The van der Waals surface area contributed by atoms with Gasteiger partial charge < -0.3 is 15.7 Å². The summed E-state index contributed by atoms with van der Waals surface area (Å²) in [7, 11) is 0. The Hall–Kier alpha value is -3.53. The molecule has 4 heteroatoms. The van der Waals surface area contributed by atoms with E-state index in [9.17, 15) is 9.90 Å². The second-order valence-electron chi connectivity index (χ2n) is 8.17. The molecule has 0 saturated carbocycles. The van der Waals surface area contributed by atoms with E-state index >= 15 is 0 Å². The molecule has 2 aliphatic rings. The predicted octanol–water partition coefficient (Wildman–Crippen LogP) is 5.68. The molecule has 0 saturated heterocycles. The number of benzene rings is 3. The molecule has 30 heavy (non-hydrogen) atoms. The van der Waals surface area contributed by atoms with E-state index in [1.54, 1.807) is 12.1 Å². The van der Waals surface area contributed by atoms with Crippen LogP contribution in [0.2, 0.25) is 0 Å². The van der Waals surface area contributed by atoms with Crippen LogP contribution in [0.4, 0.5) is 11.4 Å². The first-order valence-electron chi connectivity index (χ1n) is 10.3. The van der Waals surface area contributed by atoms with Crippen molar-refractivity contribution in [2.75, 3.05) is 10.6 Å². The molecule has 1 heterocycles. The third-order valence-electron chi connectivity index (χ3n) is 6.08. The van der Waals surface area contributed by atoms with Crippen LogP contribution in [0.1, 0.15) is 41.5 Å². The molecular weight excluding hydrogens is 372 g/mol. The minimum atomic E-state index is -0.261. The Bertz CT molecular complexity index is 1130. The van der Waals surface area contributed by atoms with Gasteiger partial charge in [0.05, 0.1) is 17.4 Å². The molecule has 0 amide bonds. The Morgan fingerprint density at radius 2 is 1.50 bits per heavy atom. The second-order valence-corrected chi connectivity index (χ2v) is 8.17. The average molecular weight is 396 g/mol. The van der Waals surface area contributed by atoms with Crippen molar-refractivity contribution in [3.8, 4) is 5.75 Å². The van der Waals surface area contributed by atoms with Crippen molar-refractivity contribution in [1.29, 1.82) is 0 Å². The predicted molar refractivity (Wildman–Crippen MR) is 120 cm³/mol. The third-order valence-corrected chi connectivity index (χ3v) is 6.08. The fraction of sp³-hybridized carbons (Fsp3) is 0.192. The summed E-state index contributed by atoms with van der Waals surface area (Å²) in [6, 6.07) is 23.4. The number of nitrogens with one attached hydrogen (secondary N) is 2. The van der Waals surface area contributed by atoms with E-state index < -0.39 is 0 Å². The number of para-hydroxylation sites is 2. The number of anilines is 2. The van der Waals surface area contributed by atoms with E-state index in [2.05, 4.69) is 41.8 Å². The highest BCUT2D eigenvalue weighted by Crippen LogP contribution is 2.44. The van der Waals surface area contributed by atoms with Crippen molar-refractivity contribution in [2.45, 2.75) is 31.7 Å². The molecule has 0 bridgehead atoms. The van der Waals surface area contributed by atoms with Gasteiger partial charge >= 0.3 is 0 Å². The highest BCUT2D eigenvalue weighted by Gasteiger charge is 2.35. The minimum absolute atomic E-state index is 0.160. The summed E-state index contributed by atoms with van der Waals surface area (Å²) >= 11 is 0. The number of allylic oxidation sites excluding steroid dienone is 1. The normalized spacial score (nSPS) is 20.5. The molecule has 0 unspecified atom stereocenters. The van der Waals surface area contributed by atoms with Crippen LogP contribution in [-0.2, 0) is 4.79 Å². The highest BCUT2D eigenvalue weighted by molar-refractivity contribution is 6.01. The molecule has 0 radical (unpaired) electrons. The Balaban J connectivity index is 1.60. The van der Waals surface area contributed by atoms with Crippen molar-refractivity contribution < 1.29 is 9.90 Å². The first-order valence-corrected chi connectivity index (χ1v) is 10.3. The number of aryl methyl sites for hydroxylation is 1. The van der Waals surface area contributed by atoms with E-state index in [0.29, 0.717) is 6.42 Å². The lowest BCUT2D eigenvalue weighted by Crippen LogP contribution is -2.26. The largest absolute Gasteiger partial charge is 0.508 e. The van der Waals surface area contributed by atoms with Crippen LogP contribution in [0, 0.1) is 6.92 Å². The summed E-state index contributed by atoms with van der Waals surface area (Å²) < 4.78 is 0. The lowest BCUT2D eigenvalue weighted by atomic mass is 9.78. The molecule has 3 aromatic carbocycles. The number of hydrogen-bond donors (Lipinski definition) is 3. The number of hydrogen-bond acceptors (Lipinski definition) is 4. The number of phenolic OH excluding ortho intramolecular Hbond substituents is 1. The van der Waals surface area contributed by atoms with Gasteiger partial charge in [-0.15, -0.1) is 0 Å². The number of rotatable bonds is 2. The van der Waals surface area contributed by atoms with Gasteiger partial charge in [0.1, 0.15) is 5.75 Å². The summed E-state index contributed by atoms with van der Waals surface area (Å²) in [4.78, 5) is 13.4. The molecule has 4 nitrogen and oxygen atoms in total. The van der Waals surface area contributed by atoms with E-state index in [1.807, 2.05) is 36.4 Å².